The van der Waals surface area contributed by atoms with Crippen molar-refractivity contribution < 1.29 is 38.2 Å². The van der Waals surface area contributed by atoms with Crippen LogP contribution in [0.25, 0.3) is 10.9 Å². The molecule has 1 aliphatic heterocycles. The van der Waals surface area contributed by atoms with Crippen LogP contribution in [0, 0.1) is 17.8 Å². The minimum Gasteiger partial charge on any atom is -0.494 e. The Balaban J connectivity index is 0.000000937. The van der Waals surface area contributed by atoms with E-state index in [9.17, 15) is 28.8 Å². The Bertz CT molecular complexity index is 2660. The van der Waals surface area contributed by atoms with Crippen molar-refractivity contribution in [1.29, 1.82) is 0 Å². The fraction of sp³-hybridized carbons (Fsp3) is 0.491. The van der Waals surface area contributed by atoms with Gasteiger partial charge in [0.15, 0.2) is 36.3 Å². The number of nitrogens with one attached hydrogen (secondary N) is 3. The van der Waals surface area contributed by atoms with Gasteiger partial charge in [0.05, 0.1) is 24.4 Å². The molecule has 73 heavy (non-hydrogen) atoms. The fourth-order valence-electron chi connectivity index (χ4n) is 7.98. The van der Waals surface area contributed by atoms with Crippen LogP contribution >= 0.6 is 11.6 Å². The Morgan fingerprint density at radius 1 is 0.904 bits per heavy atom. The lowest BCUT2D eigenvalue weighted by Gasteiger charge is -2.31. The van der Waals surface area contributed by atoms with Gasteiger partial charge in [0.25, 0.3) is 17.4 Å². The van der Waals surface area contributed by atoms with Crippen molar-refractivity contribution in [3.63, 3.8) is 0 Å². The number of pyridine rings is 1. The van der Waals surface area contributed by atoms with Crippen molar-refractivity contribution in [2.24, 2.45) is 30.5 Å². The molecular weight excluding hydrogens is 952 g/mol. The monoisotopic (exact) mass is 1030 g/mol. The highest BCUT2D eigenvalue weighted by molar-refractivity contribution is 6.33. The lowest BCUT2D eigenvalue weighted by atomic mass is 9.91. The van der Waals surface area contributed by atoms with Gasteiger partial charge in [-0.2, -0.15) is 4.98 Å². The molecule has 17 nitrogen and oxygen atoms in total. The number of aromatic nitrogens is 3. The molecule has 1 fully saturated rings. The van der Waals surface area contributed by atoms with Gasteiger partial charge in [-0.1, -0.05) is 88.6 Å². The highest BCUT2D eigenvalue weighted by Gasteiger charge is 2.27. The van der Waals surface area contributed by atoms with Crippen LogP contribution < -0.4 is 46.4 Å². The molecule has 4 aromatic rings. The van der Waals surface area contributed by atoms with Gasteiger partial charge in [0.2, 0.25) is 11.9 Å². The zero-order valence-corrected chi connectivity index (χ0v) is 44.7. The first-order valence-corrected chi connectivity index (χ1v) is 25.5. The molecule has 0 saturated carbocycles. The molecule has 2 aromatic carbocycles. The molecule has 396 valence electrons. The number of hydrogen-bond donors (Lipinski definition) is 4. The average molecular weight is 1030 g/mol. The number of Topliss-reactive ketones (excluding diaryl/α,β-unsaturated/α-hetero) is 2. The molecule has 5 N–H and O–H groups in total. The van der Waals surface area contributed by atoms with Crippen LogP contribution in [0.2, 0.25) is 5.02 Å². The van der Waals surface area contributed by atoms with Crippen LogP contribution in [0.15, 0.2) is 71.7 Å². The third kappa shape index (κ3) is 17.5. The Kier molecular flexibility index (Phi) is 23.4. The number of fused-ring (bicyclic) bond motifs is 1. The van der Waals surface area contributed by atoms with E-state index in [-0.39, 0.29) is 69.5 Å². The third-order valence-electron chi connectivity index (χ3n) is 13.0. The molecule has 2 aromatic heterocycles. The molecule has 18 heteroatoms. The number of rotatable bonds is 27. The number of aryl methyl sites for hydroxylation is 1. The largest absolute Gasteiger partial charge is 0.494 e. The number of ketones is 2. The summed E-state index contributed by atoms with van der Waals surface area (Å²) in [5.74, 6) is 0.192. The van der Waals surface area contributed by atoms with Crippen molar-refractivity contribution in [2.45, 2.75) is 106 Å². The summed E-state index contributed by atoms with van der Waals surface area (Å²) < 4.78 is 18.0. The lowest BCUT2D eigenvalue weighted by Crippen LogP contribution is -2.41. The number of ether oxygens (including phenoxy) is 3. The number of amides is 3. The summed E-state index contributed by atoms with van der Waals surface area (Å²) in [4.78, 5) is 86.0. The van der Waals surface area contributed by atoms with E-state index in [0.29, 0.717) is 85.5 Å². The van der Waals surface area contributed by atoms with E-state index < -0.39 is 18.1 Å². The number of halogens is 1. The van der Waals surface area contributed by atoms with Crippen molar-refractivity contribution in [2.75, 3.05) is 56.7 Å². The van der Waals surface area contributed by atoms with E-state index in [1.54, 1.807) is 44.3 Å². The van der Waals surface area contributed by atoms with Crippen LogP contribution in [-0.2, 0) is 21.4 Å². The minimum absolute atomic E-state index is 0.0186. The molecule has 1 aliphatic rings. The zero-order chi connectivity index (χ0) is 53.8. The maximum atomic E-state index is 13.0. The van der Waals surface area contributed by atoms with Crippen LogP contribution in [-0.4, -0.2) is 90.3 Å². The first-order chi connectivity index (χ1) is 34.8. The van der Waals surface area contributed by atoms with E-state index in [1.807, 2.05) is 11.8 Å². The highest BCUT2D eigenvalue weighted by atomic mass is 35.5. The van der Waals surface area contributed by atoms with E-state index in [1.165, 1.54) is 48.4 Å². The number of piperidine rings is 1. The standard InChI is InChI=1S/C44H55ClN8O9.C11H20/c1-6-26(2)40(57)38-31(27(3)54)12-11-13-33(38)62-25-37(56)47-16-9-7-8-10-17-48-42(58)28-14-18-53(19-15-28)44-49-23-32(45)41(51-44)50-30-20-29-21-35(61-24-36(46)55)43(59)52(4)39(29)34(22-30)60-5;1-6-10(4)7-8-11(5)9(2)3/h11-13,20-23,26,28H,6-10,14-19,24-25H2,1-5H3,(H2,46,55)(H,47,56)(H,48,58)(H,49,50,51);11H,2,4,6-8H2,1,3,5H3. The molecular formula is C55H75ClN8O9. The number of methoxy groups -OCH3 is 1. The topological polar surface area (TPSA) is 226 Å². The maximum Gasteiger partial charge on any atom is 0.293 e. The minimum atomic E-state index is -0.712. The smallest absolute Gasteiger partial charge is 0.293 e. The number of carbonyl (C=O) groups excluding carboxylic acids is 5. The summed E-state index contributed by atoms with van der Waals surface area (Å²) >= 11 is 6.52. The van der Waals surface area contributed by atoms with E-state index in [2.05, 4.69) is 54.9 Å². The fourth-order valence-corrected chi connectivity index (χ4v) is 8.12. The number of hydrogen-bond acceptors (Lipinski definition) is 13. The van der Waals surface area contributed by atoms with Gasteiger partial charge in [-0.25, -0.2) is 4.98 Å². The molecule has 3 amide bonds. The van der Waals surface area contributed by atoms with Gasteiger partial charge in [-0.15, -0.1) is 0 Å². The number of benzene rings is 2. The molecule has 1 saturated heterocycles. The summed E-state index contributed by atoms with van der Waals surface area (Å²) in [6.07, 6.45) is 10.2. The number of nitrogens with zero attached hydrogens (tertiary/aromatic N) is 4. The normalized spacial score (nSPS) is 13.2. The van der Waals surface area contributed by atoms with Crippen LogP contribution in [0.4, 0.5) is 17.5 Å². The molecule has 0 aliphatic carbocycles. The van der Waals surface area contributed by atoms with Crippen LogP contribution in [0.5, 0.6) is 17.2 Å². The van der Waals surface area contributed by atoms with Gasteiger partial charge in [0, 0.05) is 67.8 Å². The Labute approximate surface area is 434 Å². The van der Waals surface area contributed by atoms with E-state index in [4.69, 9.17) is 36.5 Å². The first kappa shape index (κ1) is 58.8. The highest BCUT2D eigenvalue weighted by Crippen LogP contribution is 2.34. The summed E-state index contributed by atoms with van der Waals surface area (Å²) in [7, 11) is 3.06. The van der Waals surface area contributed by atoms with Gasteiger partial charge in [-0.3, -0.25) is 28.8 Å². The summed E-state index contributed by atoms with van der Waals surface area (Å²) in [5, 5.41) is 10.00. The van der Waals surface area contributed by atoms with Crippen molar-refractivity contribution in [1.82, 2.24) is 25.2 Å². The summed E-state index contributed by atoms with van der Waals surface area (Å²) in [6, 6.07) is 9.84. The molecule has 0 bridgehead atoms. The molecule has 0 radical (unpaired) electrons. The molecule has 2 atom stereocenters. The lowest BCUT2D eigenvalue weighted by molar-refractivity contribution is -0.125. The second-order valence-electron chi connectivity index (χ2n) is 18.6. The van der Waals surface area contributed by atoms with E-state index in [0.717, 1.165) is 38.5 Å². The van der Waals surface area contributed by atoms with Crippen molar-refractivity contribution >= 4 is 69.2 Å². The predicted molar refractivity (Wildman–Crippen MR) is 289 cm³/mol. The van der Waals surface area contributed by atoms with Gasteiger partial charge in [-0.05, 0) is 89.3 Å². The third-order valence-corrected chi connectivity index (χ3v) is 13.3. The quantitative estimate of drug-likeness (QED) is 0.0249. The van der Waals surface area contributed by atoms with Crippen molar-refractivity contribution in [3.05, 3.63) is 93.4 Å². The Morgan fingerprint density at radius 2 is 1.58 bits per heavy atom. The Morgan fingerprint density at radius 3 is 2.19 bits per heavy atom. The number of anilines is 3. The van der Waals surface area contributed by atoms with Gasteiger partial charge in [0.1, 0.15) is 16.5 Å². The maximum absolute atomic E-state index is 13.0. The second kappa shape index (κ2) is 29.1. The Hall–Kier alpha value is -6.75. The zero-order valence-electron chi connectivity index (χ0n) is 43.9. The van der Waals surface area contributed by atoms with E-state index >= 15 is 0 Å². The number of nitrogens with two attached hydrogens (primary N) is 1. The first-order valence-electron chi connectivity index (χ1n) is 25.1. The van der Waals surface area contributed by atoms with Crippen LogP contribution in [0.3, 0.4) is 0 Å². The molecule has 0 spiro atoms. The van der Waals surface area contributed by atoms with Crippen LogP contribution in [0.1, 0.15) is 126 Å². The molecule has 3 heterocycles. The summed E-state index contributed by atoms with van der Waals surface area (Å²) in [6.45, 7) is 20.9. The molecule has 2 unspecified atom stereocenters. The molecule has 5 rings (SSSR count). The average Bonchev–Trinajstić information content (AvgIpc) is 3.38. The number of primary amides is 1. The number of unbranched alkanes of at least 4 members (excludes halogenated alkanes) is 3. The summed E-state index contributed by atoms with van der Waals surface area (Å²) in [5.41, 5.74) is 8.98. The van der Waals surface area contributed by atoms with Gasteiger partial charge < -0.3 is 45.4 Å². The van der Waals surface area contributed by atoms with Crippen molar-refractivity contribution in [3.8, 4) is 17.2 Å². The SMILES string of the molecule is C=C(CC)CCC(C)C(=C)C.CCC(C)C(=O)c1c(OCC(=O)NCCCCCCNC(=O)C2CCN(c3ncc(Cl)c(Nc4cc(OC)c5c(c4)cc(OCC(N)=O)c(=O)n5C)n3)CC2)cccc1C(C)=O. The number of allylic oxidation sites excluding steroid dienone is 2. The second-order valence-corrected chi connectivity index (χ2v) is 19.0. The predicted octanol–water partition coefficient (Wildman–Crippen LogP) is 9.06. The number of carbonyl (C=O) groups is 5. The van der Waals surface area contributed by atoms with Gasteiger partial charge >= 0.3 is 0 Å².